The summed E-state index contributed by atoms with van der Waals surface area (Å²) in [7, 11) is 0. The van der Waals surface area contributed by atoms with Gasteiger partial charge in [0.05, 0.1) is 11.6 Å². The van der Waals surface area contributed by atoms with E-state index >= 15 is 0 Å². The molecule has 70 valence electrons. The smallest absolute Gasteiger partial charge is 1.00 e. The van der Waals surface area contributed by atoms with Gasteiger partial charge in [0.2, 0.25) is 0 Å². The molecule has 0 fully saturated rings. The Bertz CT molecular complexity index is 240. The van der Waals surface area contributed by atoms with Gasteiger partial charge in [0.1, 0.15) is 0 Å². The molecule has 0 heterocycles. The SMILES string of the molecule is Fc1[c-]cc(F)c(F)c1F.I.[F-].[Mg+2]. The number of rotatable bonds is 0. The van der Waals surface area contributed by atoms with Crippen molar-refractivity contribution in [3.8, 4) is 0 Å². The molecule has 0 amide bonds. The zero-order chi connectivity index (χ0) is 7.72. The van der Waals surface area contributed by atoms with E-state index in [1.54, 1.807) is 6.07 Å². The number of hydrogen-bond acceptors (Lipinski definition) is 0. The molecule has 0 aliphatic rings. The topological polar surface area (TPSA) is 0 Å². The van der Waals surface area contributed by atoms with Gasteiger partial charge >= 0.3 is 23.1 Å². The summed E-state index contributed by atoms with van der Waals surface area (Å²) < 4.78 is 47.8. The summed E-state index contributed by atoms with van der Waals surface area (Å²) >= 11 is 0. The number of halogens is 6. The van der Waals surface area contributed by atoms with Gasteiger partial charge in [-0.05, 0) is 0 Å². The van der Waals surface area contributed by atoms with Crippen molar-refractivity contribution in [3.63, 3.8) is 0 Å². The Morgan fingerprint density at radius 1 is 1.00 bits per heavy atom. The second-order valence-electron chi connectivity index (χ2n) is 1.58. The molecule has 0 saturated heterocycles. The molecule has 0 aliphatic carbocycles. The molecular weight excluding hydrogens is 318 g/mol. The van der Waals surface area contributed by atoms with Gasteiger partial charge in [-0.15, -0.1) is 36.1 Å². The molecule has 1 aromatic carbocycles. The van der Waals surface area contributed by atoms with Crippen molar-refractivity contribution in [1.82, 2.24) is 0 Å². The van der Waals surface area contributed by atoms with E-state index in [4.69, 9.17) is 0 Å². The first-order chi connectivity index (χ1) is 4.63. The Labute approximate surface area is 104 Å². The Balaban J connectivity index is -0.000000333. The van der Waals surface area contributed by atoms with Crippen LogP contribution in [0.4, 0.5) is 17.6 Å². The van der Waals surface area contributed by atoms with E-state index in [0.717, 1.165) is 0 Å². The third-order valence-electron chi connectivity index (χ3n) is 0.921. The molecule has 0 bridgehead atoms. The summed E-state index contributed by atoms with van der Waals surface area (Å²) in [6, 6.07) is 1.95. The van der Waals surface area contributed by atoms with Crippen LogP contribution in [0.2, 0.25) is 0 Å². The van der Waals surface area contributed by atoms with Crippen LogP contribution in [0.25, 0.3) is 0 Å². The second kappa shape index (κ2) is 7.74. The molecule has 0 nitrogen and oxygen atoms in total. The van der Waals surface area contributed by atoms with E-state index in [0.29, 0.717) is 6.07 Å². The van der Waals surface area contributed by atoms with Crippen LogP contribution in [0.15, 0.2) is 6.07 Å². The van der Waals surface area contributed by atoms with Crippen LogP contribution in [-0.2, 0) is 0 Å². The van der Waals surface area contributed by atoms with Crippen LogP contribution in [0.3, 0.4) is 0 Å². The minimum Gasteiger partial charge on any atom is -1.00 e. The minimum absolute atomic E-state index is 0. The van der Waals surface area contributed by atoms with E-state index in [-0.39, 0.29) is 51.7 Å². The summed E-state index contributed by atoms with van der Waals surface area (Å²) in [6.45, 7) is 0. The van der Waals surface area contributed by atoms with Crippen molar-refractivity contribution in [2.45, 2.75) is 0 Å². The molecule has 1 rings (SSSR count). The first kappa shape index (κ1) is 19.0. The van der Waals surface area contributed by atoms with Gasteiger partial charge in [0, 0.05) is 11.6 Å². The molecule has 0 unspecified atom stereocenters. The van der Waals surface area contributed by atoms with E-state index in [1.165, 1.54) is 0 Å². The normalized spacial score (nSPS) is 7.69. The molecule has 13 heavy (non-hydrogen) atoms. The molecule has 0 radical (unpaired) electrons. The third-order valence-corrected chi connectivity index (χ3v) is 0.921. The maximum Gasteiger partial charge on any atom is 2.00 e. The first-order valence-corrected chi connectivity index (χ1v) is 2.33. The van der Waals surface area contributed by atoms with Crippen molar-refractivity contribution in [2.24, 2.45) is 0 Å². The van der Waals surface area contributed by atoms with Crippen molar-refractivity contribution in [1.29, 1.82) is 0 Å². The monoisotopic (exact) mass is 320 g/mol. The van der Waals surface area contributed by atoms with Crippen LogP contribution in [0.5, 0.6) is 0 Å². The fourth-order valence-electron chi connectivity index (χ4n) is 0.455. The largest absolute Gasteiger partial charge is 2.00 e. The molecule has 1 aromatic rings. The van der Waals surface area contributed by atoms with Crippen LogP contribution >= 0.6 is 24.0 Å². The van der Waals surface area contributed by atoms with E-state index in [9.17, 15) is 17.6 Å². The van der Waals surface area contributed by atoms with Crippen molar-refractivity contribution in [3.05, 3.63) is 35.4 Å². The van der Waals surface area contributed by atoms with Crippen molar-refractivity contribution >= 4 is 47.0 Å². The molecule has 0 spiro atoms. The average Bonchev–Trinajstić information content (AvgIpc) is 1.93. The van der Waals surface area contributed by atoms with Gasteiger partial charge in [-0.25, -0.2) is 8.78 Å². The molecule has 0 aromatic heterocycles. The molecule has 0 N–H and O–H groups in total. The summed E-state index contributed by atoms with van der Waals surface area (Å²) in [4.78, 5) is 0. The average molecular weight is 320 g/mol. The van der Waals surface area contributed by atoms with Crippen molar-refractivity contribution < 1.29 is 22.3 Å². The minimum atomic E-state index is -1.83. The summed E-state index contributed by atoms with van der Waals surface area (Å²) in [5.74, 6) is -6.60. The van der Waals surface area contributed by atoms with Gasteiger partial charge in [-0.1, -0.05) is 0 Å². The maximum absolute atomic E-state index is 12.0. The maximum atomic E-state index is 12.0. The Morgan fingerprint density at radius 2 is 1.46 bits per heavy atom. The van der Waals surface area contributed by atoms with Gasteiger partial charge in [0.25, 0.3) is 0 Å². The van der Waals surface area contributed by atoms with E-state index in [1.807, 2.05) is 0 Å². The van der Waals surface area contributed by atoms with Gasteiger partial charge < -0.3 is 4.70 Å². The van der Waals surface area contributed by atoms with Crippen LogP contribution < -0.4 is 4.70 Å². The van der Waals surface area contributed by atoms with Gasteiger partial charge in [-0.2, -0.15) is 0 Å². The number of hydrogen-bond donors (Lipinski definition) is 0. The molecular formula is C6H2F5IMg. The molecule has 0 atom stereocenters. The van der Waals surface area contributed by atoms with Crippen LogP contribution in [0.1, 0.15) is 0 Å². The summed E-state index contributed by atoms with van der Waals surface area (Å²) in [5.41, 5.74) is 0. The number of benzene rings is 1. The van der Waals surface area contributed by atoms with Gasteiger partial charge in [0.15, 0.2) is 0 Å². The zero-order valence-electron chi connectivity index (χ0n) is 6.08. The Kier molecular flexibility index (Phi) is 11.3. The van der Waals surface area contributed by atoms with Crippen LogP contribution in [0, 0.1) is 29.3 Å². The molecule has 0 aliphatic heterocycles. The Morgan fingerprint density at radius 3 is 1.85 bits per heavy atom. The first-order valence-electron chi connectivity index (χ1n) is 2.33. The van der Waals surface area contributed by atoms with E-state index < -0.39 is 23.3 Å². The quantitative estimate of drug-likeness (QED) is 0.148. The molecule has 0 saturated carbocycles. The van der Waals surface area contributed by atoms with E-state index in [2.05, 4.69) is 0 Å². The van der Waals surface area contributed by atoms with Crippen LogP contribution in [-0.4, -0.2) is 23.1 Å². The predicted molar refractivity (Wildman–Crippen MR) is 46.3 cm³/mol. The predicted octanol–water partition coefficient (Wildman–Crippen LogP) is -0.716. The zero-order valence-corrected chi connectivity index (χ0v) is 9.83. The third kappa shape index (κ3) is 4.41. The fraction of sp³-hybridized carbons (Fsp3) is 0. The van der Waals surface area contributed by atoms with Gasteiger partial charge in [-0.3, -0.25) is 8.78 Å². The summed E-state index contributed by atoms with van der Waals surface area (Å²) in [5, 5.41) is 0. The standard InChI is InChI=1S/C6HF4.FH.HI.Mg/c7-3-1-2-4(8)6(10)5(3)9;;;/h1H;2*1H;/q-1;;;+2/p-1. The van der Waals surface area contributed by atoms with Crippen molar-refractivity contribution in [2.75, 3.05) is 0 Å². The fourth-order valence-corrected chi connectivity index (χ4v) is 0.455. The molecule has 7 heteroatoms. The summed E-state index contributed by atoms with van der Waals surface area (Å²) in [6.07, 6.45) is 0. The second-order valence-corrected chi connectivity index (χ2v) is 1.58. The Hall–Kier alpha value is 0.366.